The van der Waals surface area contributed by atoms with Crippen LogP contribution in [0.25, 0.3) is 0 Å². The van der Waals surface area contributed by atoms with Crippen LogP contribution in [0.5, 0.6) is 17.5 Å². The zero-order valence-electron chi connectivity index (χ0n) is 23.7. The van der Waals surface area contributed by atoms with E-state index >= 15 is 0 Å². The number of piperidine rings is 2. The van der Waals surface area contributed by atoms with Gasteiger partial charge in [-0.25, -0.2) is 0 Å². The molecule has 2 saturated heterocycles. The van der Waals surface area contributed by atoms with Gasteiger partial charge in [0.1, 0.15) is 11.5 Å². The van der Waals surface area contributed by atoms with Crippen molar-refractivity contribution in [2.75, 3.05) is 42.6 Å². The first-order valence-corrected chi connectivity index (χ1v) is 15.1. The highest BCUT2D eigenvalue weighted by Gasteiger charge is 2.27. The second-order valence-electron chi connectivity index (χ2n) is 11.2. The minimum Gasteiger partial charge on any atom is -0.508 e. The number of benzene rings is 2. The SMILES string of the molecule is CCCCCCCOc1nc(N2CCC(c3cccc(O)c3)CC2)nc(N2CCC(c3cccc(O)c3)CC2)n1. The first kappa shape index (κ1) is 28.0. The van der Waals surface area contributed by atoms with Crippen molar-refractivity contribution in [3.05, 3.63) is 59.7 Å². The lowest BCUT2D eigenvalue weighted by atomic mass is 9.89. The van der Waals surface area contributed by atoms with Gasteiger partial charge in [-0.3, -0.25) is 0 Å². The summed E-state index contributed by atoms with van der Waals surface area (Å²) in [6, 6.07) is 15.7. The van der Waals surface area contributed by atoms with Crippen molar-refractivity contribution in [3.63, 3.8) is 0 Å². The van der Waals surface area contributed by atoms with Gasteiger partial charge >= 0.3 is 6.01 Å². The van der Waals surface area contributed by atoms with Crippen LogP contribution in [0.1, 0.15) is 87.7 Å². The van der Waals surface area contributed by atoms with Gasteiger partial charge in [0.2, 0.25) is 11.9 Å². The standard InChI is InChI=1S/C32H43N5O3/c1-2-3-4-5-6-21-40-32-34-30(36-17-13-24(14-18-36)26-9-7-11-28(38)22-26)33-31(35-32)37-19-15-25(16-20-37)27-10-8-12-29(39)23-27/h7-12,22-25,38-39H,2-6,13-21H2,1H3. The lowest BCUT2D eigenvalue weighted by molar-refractivity contribution is 0.280. The Bertz CT molecular complexity index is 1140. The van der Waals surface area contributed by atoms with E-state index in [1.807, 2.05) is 24.3 Å². The summed E-state index contributed by atoms with van der Waals surface area (Å²) in [7, 11) is 0. The van der Waals surface area contributed by atoms with Gasteiger partial charge in [-0.1, -0.05) is 56.9 Å². The van der Waals surface area contributed by atoms with Gasteiger partial charge in [-0.05, 0) is 79.3 Å². The lowest BCUT2D eigenvalue weighted by Crippen LogP contribution is -2.37. The summed E-state index contributed by atoms with van der Waals surface area (Å²) >= 11 is 0. The Balaban J connectivity index is 1.26. The Kier molecular flexibility index (Phi) is 9.58. The molecule has 0 spiro atoms. The van der Waals surface area contributed by atoms with E-state index in [0.29, 0.717) is 47.8 Å². The molecule has 0 unspecified atom stereocenters. The molecule has 2 N–H and O–H groups in total. The summed E-state index contributed by atoms with van der Waals surface area (Å²) in [6.07, 6.45) is 9.80. The summed E-state index contributed by atoms with van der Waals surface area (Å²) < 4.78 is 6.09. The van der Waals surface area contributed by atoms with Crippen LogP contribution in [0.2, 0.25) is 0 Å². The average molecular weight is 546 g/mol. The van der Waals surface area contributed by atoms with E-state index < -0.39 is 0 Å². The predicted molar refractivity (Wildman–Crippen MR) is 159 cm³/mol. The molecule has 3 heterocycles. The number of nitrogens with zero attached hydrogens (tertiary/aromatic N) is 5. The molecule has 0 bridgehead atoms. The quantitative estimate of drug-likeness (QED) is 0.267. The van der Waals surface area contributed by atoms with Gasteiger partial charge in [0.25, 0.3) is 0 Å². The fourth-order valence-electron chi connectivity index (χ4n) is 5.94. The maximum atomic E-state index is 9.92. The van der Waals surface area contributed by atoms with Crippen molar-refractivity contribution in [1.82, 2.24) is 15.0 Å². The molecule has 2 fully saturated rings. The van der Waals surface area contributed by atoms with Crippen molar-refractivity contribution in [2.45, 2.75) is 76.5 Å². The lowest BCUT2D eigenvalue weighted by Gasteiger charge is -2.34. The average Bonchev–Trinajstić information content (AvgIpc) is 2.99. The maximum absolute atomic E-state index is 9.92. The summed E-state index contributed by atoms with van der Waals surface area (Å²) in [5, 5.41) is 19.8. The van der Waals surface area contributed by atoms with Crippen LogP contribution >= 0.6 is 0 Å². The first-order chi connectivity index (χ1) is 19.6. The van der Waals surface area contributed by atoms with Gasteiger partial charge in [-0.2, -0.15) is 15.0 Å². The fourth-order valence-corrected chi connectivity index (χ4v) is 5.94. The number of aromatic nitrogens is 3. The van der Waals surface area contributed by atoms with Crippen LogP contribution < -0.4 is 14.5 Å². The predicted octanol–water partition coefficient (Wildman–Crippen LogP) is 6.40. The molecule has 3 aromatic rings. The van der Waals surface area contributed by atoms with E-state index in [1.54, 1.807) is 12.1 Å². The van der Waals surface area contributed by atoms with Crippen molar-refractivity contribution in [2.24, 2.45) is 0 Å². The summed E-state index contributed by atoms with van der Waals surface area (Å²) in [6.45, 7) is 6.23. The number of phenolic OH excluding ortho intramolecular Hbond substituents is 2. The van der Waals surface area contributed by atoms with Gasteiger partial charge in [-0.15, -0.1) is 0 Å². The minimum absolute atomic E-state index is 0.325. The Morgan fingerprint density at radius 1 is 0.700 bits per heavy atom. The molecule has 2 aromatic carbocycles. The number of aromatic hydroxyl groups is 2. The molecule has 0 aliphatic carbocycles. The molecule has 0 saturated carbocycles. The molecule has 5 rings (SSSR count). The third kappa shape index (κ3) is 7.34. The smallest absolute Gasteiger partial charge is 0.323 e. The Morgan fingerprint density at radius 2 is 1.20 bits per heavy atom. The molecule has 214 valence electrons. The summed E-state index contributed by atoms with van der Waals surface area (Å²) in [4.78, 5) is 19.0. The van der Waals surface area contributed by atoms with Crippen molar-refractivity contribution >= 4 is 11.9 Å². The molecule has 0 radical (unpaired) electrons. The number of hydrogen-bond donors (Lipinski definition) is 2. The van der Waals surface area contributed by atoms with Crippen LogP contribution in [-0.4, -0.2) is 58.0 Å². The highest BCUT2D eigenvalue weighted by Crippen LogP contribution is 2.34. The van der Waals surface area contributed by atoms with Crippen LogP contribution in [0, 0.1) is 0 Å². The molecule has 0 amide bonds. The van der Waals surface area contributed by atoms with Crippen molar-refractivity contribution in [1.29, 1.82) is 0 Å². The number of hydrogen-bond acceptors (Lipinski definition) is 8. The zero-order chi connectivity index (χ0) is 27.7. The molecular weight excluding hydrogens is 502 g/mol. The molecule has 2 aliphatic heterocycles. The van der Waals surface area contributed by atoms with Crippen molar-refractivity contribution in [3.8, 4) is 17.5 Å². The number of unbranched alkanes of at least 4 members (excludes halogenated alkanes) is 4. The van der Waals surface area contributed by atoms with Crippen LogP contribution in [0.4, 0.5) is 11.9 Å². The van der Waals surface area contributed by atoms with Crippen LogP contribution in [-0.2, 0) is 0 Å². The normalized spacial score (nSPS) is 16.8. The molecule has 8 nitrogen and oxygen atoms in total. The molecular formula is C32H43N5O3. The third-order valence-electron chi connectivity index (χ3n) is 8.31. The zero-order valence-corrected chi connectivity index (χ0v) is 23.7. The second-order valence-corrected chi connectivity index (χ2v) is 11.2. The number of ether oxygens (including phenoxy) is 1. The van der Waals surface area contributed by atoms with E-state index in [9.17, 15) is 10.2 Å². The second kappa shape index (κ2) is 13.7. The maximum Gasteiger partial charge on any atom is 0.323 e. The molecule has 2 aliphatic rings. The van der Waals surface area contributed by atoms with Crippen LogP contribution in [0.3, 0.4) is 0 Å². The number of anilines is 2. The number of rotatable bonds is 11. The highest BCUT2D eigenvalue weighted by atomic mass is 16.5. The summed E-state index contributed by atoms with van der Waals surface area (Å²) in [5.74, 6) is 2.86. The highest BCUT2D eigenvalue weighted by molar-refractivity contribution is 5.42. The van der Waals surface area contributed by atoms with E-state index in [4.69, 9.17) is 19.7 Å². The van der Waals surface area contributed by atoms with Gasteiger partial charge in [0.15, 0.2) is 0 Å². The van der Waals surface area contributed by atoms with Gasteiger partial charge in [0.05, 0.1) is 6.61 Å². The minimum atomic E-state index is 0.325. The van der Waals surface area contributed by atoms with E-state index in [-0.39, 0.29) is 0 Å². The Labute approximate surface area is 238 Å². The van der Waals surface area contributed by atoms with Gasteiger partial charge in [0, 0.05) is 26.2 Å². The Hall–Kier alpha value is -3.55. The van der Waals surface area contributed by atoms with Crippen molar-refractivity contribution < 1.29 is 14.9 Å². The fraction of sp³-hybridized carbons (Fsp3) is 0.531. The summed E-state index contributed by atoms with van der Waals surface area (Å²) in [5.41, 5.74) is 2.38. The Morgan fingerprint density at radius 3 is 1.68 bits per heavy atom. The third-order valence-corrected chi connectivity index (χ3v) is 8.31. The van der Waals surface area contributed by atoms with Crippen LogP contribution in [0.15, 0.2) is 48.5 Å². The van der Waals surface area contributed by atoms with Gasteiger partial charge < -0.3 is 24.7 Å². The molecule has 40 heavy (non-hydrogen) atoms. The topological polar surface area (TPSA) is 94.8 Å². The largest absolute Gasteiger partial charge is 0.508 e. The molecule has 0 atom stereocenters. The first-order valence-electron chi connectivity index (χ1n) is 15.1. The van der Waals surface area contributed by atoms with E-state index in [0.717, 1.165) is 64.7 Å². The molecule has 1 aromatic heterocycles. The van der Waals surface area contributed by atoms with E-state index in [2.05, 4.69) is 28.9 Å². The molecule has 8 heteroatoms. The number of phenols is 2. The van der Waals surface area contributed by atoms with E-state index in [1.165, 1.54) is 30.4 Å². The monoisotopic (exact) mass is 545 g/mol.